The van der Waals surface area contributed by atoms with Gasteiger partial charge in [-0.1, -0.05) is 42.1 Å². The Morgan fingerprint density at radius 2 is 1.96 bits per heavy atom. The van der Waals surface area contributed by atoms with E-state index in [0.29, 0.717) is 5.16 Å². The van der Waals surface area contributed by atoms with Crippen LogP contribution < -0.4 is 5.32 Å². The molecule has 1 unspecified atom stereocenters. The summed E-state index contributed by atoms with van der Waals surface area (Å²) < 4.78 is 1.88. The third-order valence-electron chi connectivity index (χ3n) is 3.49. The molecule has 1 atom stereocenters. The summed E-state index contributed by atoms with van der Waals surface area (Å²) in [6, 6.07) is 17.6. The molecule has 0 aliphatic heterocycles. The minimum absolute atomic E-state index is 0.0618. The van der Waals surface area contributed by atoms with Gasteiger partial charge < -0.3 is 5.32 Å². The van der Waals surface area contributed by atoms with Crippen LogP contribution in [0.15, 0.2) is 66.1 Å². The number of anilines is 1. The van der Waals surface area contributed by atoms with Crippen LogP contribution in [0.3, 0.4) is 0 Å². The molecule has 3 rings (SSSR count). The predicted octanol–water partition coefficient (Wildman–Crippen LogP) is 3.70. The van der Waals surface area contributed by atoms with Crippen LogP contribution in [0.5, 0.6) is 0 Å². The minimum Gasteiger partial charge on any atom is -0.325 e. The molecular formula is C18H18N4OS. The van der Waals surface area contributed by atoms with E-state index in [1.807, 2.05) is 73.0 Å². The molecule has 1 amide bonds. The minimum atomic E-state index is -0.294. The quantitative estimate of drug-likeness (QED) is 0.721. The summed E-state index contributed by atoms with van der Waals surface area (Å²) in [7, 11) is 0. The topological polar surface area (TPSA) is 59.8 Å². The fourth-order valence-electron chi connectivity index (χ4n) is 2.25. The molecule has 0 saturated heterocycles. The number of amides is 1. The largest absolute Gasteiger partial charge is 0.325 e. The van der Waals surface area contributed by atoms with Crippen LogP contribution in [0.2, 0.25) is 0 Å². The molecule has 6 heteroatoms. The van der Waals surface area contributed by atoms with Crippen molar-refractivity contribution in [2.24, 2.45) is 0 Å². The van der Waals surface area contributed by atoms with E-state index in [9.17, 15) is 4.79 Å². The van der Waals surface area contributed by atoms with E-state index >= 15 is 0 Å². The molecule has 122 valence electrons. The zero-order valence-electron chi connectivity index (χ0n) is 13.5. The maximum atomic E-state index is 12.4. The second-order valence-electron chi connectivity index (χ2n) is 5.44. The molecule has 0 fully saturated rings. The molecule has 24 heavy (non-hydrogen) atoms. The number of benzene rings is 2. The molecule has 1 heterocycles. The second-order valence-corrected chi connectivity index (χ2v) is 6.75. The molecule has 1 N–H and O–H groups in total. The van der Waals surface area contributed by atoms with Crippen molar-refractivity contribution < 1.29 is 4.79 Å². The Morgan fingerprint density at radius 3 is 2.71 bits per heavy atom. The Bertz CT molecular complexity index is 832. The summed E-state index contributed by atoms with van der Waals surface area (Å²) in [5, 5.41) is 11.4. The van der Waals surface area contributed by atoms with Gasteiger partial charge in [0.15, 0.2) is 5.16 Å². The molecule has 0 bridgehead atoms. The lowest BCUT2D eigenvalue weighted by atomic mass is 10.2. The van der Waals surface area contributed by atoms with Crippen molar-refractivity contribution in [1.82, 2.24) is 14.8 Å². The van der Waals surface area contributed by atoms with E-state index < -0.39 is 0 Å². The monoisotopic (exact) mass is 338 g/mol. The number of nitrogens with zero attached hydrogens (tertiary/aromatic N) is 3. The molecule has 3 aromatic rings. The van der Waals surface area contributed by atoms with Gasteiger partial charge in [-0.05, 0) is 43.7 Å². The van der Waals surface area contributed by atoms with Crippen LogP contribution in [0, 0.1) is 6.92 Å². The number of carbonyl (C=O) groups is 1. The Morgan fingerprint density at radius 1 is 1.17 bits per heavy atom. The summed E-state index contributed by atoms with van der Waals surface area (Å²) in [5.41, 5.74) is 2.88. The number of hydrogen-bond acceptors (Lipinski definition) is 4. The van der Waals surface area contributed by atoms with Crippen LogP contribution >= 0.6 is 11.8 Å². The lowest BCUT2D eigenvalue weighted by molar-refractivity contribution is -0.115. The van der Waals surface area contributed by atoms with Crippen molar-refractivity contribution in [2.45, 2.75) is 24.3 Å². The lowest BCUT2D eigenvalue weighted by Gasteiger charge is -2.12. The zero-order chi connectivity index (χ0) is 16.9. The van der Waals surface area contributed by atoms with Gasteiger partial charge in [-0.15, -0.1) is 10.2 Å². The highest BCUT2D eigenvalue weighted by atomic mass is 32.2. The molecule has 0 spiro atoms. The standard InChI is InChI=1S/C18H18N4OS/c1-13-7-6-8-15(11-13)20-17(23)14(2)24-18-21-19-12-22(18)16-9-4-3-5-10-16/h3-12,14H,1-2H3,(H,20,23). The van der Waals surface area contributed by atoms with E-state index in [0.717, 1.165) is 16.9 Å². The average Bonchev–Trinajstić information content (AvgIpc) is 3.03. The lowest BCUT2D eigenvalue weighted by Crippen LogP contribution is -2.22. The number of thioether (sulfide) groups is 1. The number of aryl methyl sites for hydroxylation is 1. The van der Waals surface area contributed by atoms with Gasteiger partial charge in [-0.2, -0.15) is 0 Å². The first-order valence-electron chi connectivity index (χ1n) is 7.63. The zero-order valence-corrected chi connectivity index (χ0v) is 14.3. The summed E-state index contributed by atoms with van der Waals surface area (Å²) >= 11 is 1.38. The first-order chi connectivity index (χ1) is 11.6. The Hall–Kier alpha value is -2.60. The van der Waals surface area contributed by atoms with Gasteiger partial charge in [0.05, 0.1) is 5.25 Å². The molecular weight excluding hydrogens is 320 g/mol. The Balaban J connectivity index is 1.70. The normalized spacial score (nSPS) is 11.9. The summed E-state index contributed by atoms with van der Waals surface area (Å²) in [6.07, 6.45) is 1.66. The van der Waals surface area contributed by atoms with Crippen molar-refractivity contribution in [3.63, 3.8) is 0 Å². The SMILES string of the molecule is Cc1cccc(NC(=O)C(C)Sc2nncn2-c2ccccc2)c1. The third kappa shape index (κ3) is 3.83. The van der Waals surface area contributed by atoms with E-state index in [4.69, 9.17) is 0 Å². The van der Waals surface area contributed by atoms with E-state index in [1.165, 1.54) is 11.8 Å². The van der Waals surface area contributed by atoms with Crippen LogP contribution in [0.1, 0.15) is 12.5 Å². The van der Waals surface area contributed by atoms with Gasteiger partial charge in [0.2, 0.25) is 5.91 Å². The summed E-state index contributed by atoms with van der Waals surface area (Å²) in [4.78, 5) is 12.4. The second kappa shape index (κ2) is 7.31. The molecule has 1 aromatic heterocycles. The average molecular weight is 338 g/mol. The number of rotatable bonds is 5. The maximum Gasteiger partial charge on any atom is 0.237 e. The maximum absolute atomic E-state index is 12.4. The molecule has 0 saturated carbocycles. The van der Waals surface area contributed by atoms with E-state index in [2.05, 4.69) is 15.5 Å². The van der Waals surface area contributed by atoms with Gasteiger partial charge in [-0.25, -0.2) is 0 Å². The van der Waals surface area contributed by atoms with Crippen molar-refractivity contribution in [2.75, 3.05) is 5.32 Å². The van der Waals surface area contributed by atoms with Gasteiger partial charge in [0.1, 0.15) is 6.33 Å². The highest BCUT2D eigenvalue weighted by Crippen LogP contribution is 2.24. The van der Waals surface area contributed by atoms with Crippen molar-refractivity contribution in [1.29, 1.82) is 0 Å². The van der Waals surface area contributed by atoms with E-state index in [-0.39, 0.29) is 11.2 Å². The summed E-state index contributed by atoms with van der Waals surface area (Å²) in [5.74, 6) is -0.0618. The number of carbonyl (C=O) groups excluding carboxylic acids is 1. The third-order valence-corrected chi connectivity index (χ3v) is 4.54. The predicted molar refractivity (Wildman–Crippen MR) is 96.5 cm³/mol. The van der Waals surface area contributed by atoms with Gasteiger partial charge in [0, 0.05) is 11.4 Å². The van der Waals surface area contributed by atoms with Gasteiger partial charge in [-0.3, -0.25) is 9.36 Å². The van der Waals surface area contributed by atoms with Crippen LogP contribution in [0.25, 0.3) is 5.69 Å². The fraction of sp³-hybridized carbons (Fsp3) is 0.167. The Labute approximate surface area is 145 Å². The molecule has 2 aromatic carbocycles. The van der Waals surface area contributed by atoms with Crippen LogP contribution in [0.4, 0.5) is 5.69 Å². The smallest absolute Gasteiger partial charge is 0.237 e. The number of para-hydroxylation sites is 1. The number of hydrogen-bond donors (Lipinski definition) is 1. The van der Waals surface area contributed by atoms with Crippen LogP contribution in [-0.2, 0) is 4.79 Å². The summed E-state index contributed by atoms with van der Waals surface area (Å²) in [6.45, 7) is 3.86. The van der Waals surface area contributed by atoms with Crippen molar-refractivity contribution in [3.8, 4) is 5.69 Å². The van der Waals surface area contributed by atoms with Crippen molar-refractivity contribution >= 4 is 23.4 Å². The number of aromatic nitrogens is 3. The van der Waals surface area contributed by atoms with Crippen LogP contribution in [-0.4, -0.2) is 25.9 Å². The number of nitrogens with one attached hydrogen (secondary N) is 1. The fourth-order valence-corrected chi connectivity index (χ4v) is 3.09. The van der Waals surface area contributed by atoms with Gasteiger partial charge >= 0.3 is 0 Å². The van der Waals surface area contributed by atoms with Gasteiger partial charge in [0.25, 0.3) is 0 Å². The molecule has 0 radical (unpaired) electrons. The Kier molecular flexibility index (Phi) is 4.96. The molecule has 5 nitrogen and oxygen atoms in total. The highest BCUT2D eigenvalue weighted by Gasteiger charge is 2.18. The molecule has 0 aliphatic rings. The highest BCUT2D eigenvalue weighted by molar-refractivity contribution is 8.00. The van der Waals surface area contributed by atoms with E-state index in [1.54, 1.807) is 6.33 Å². The molecule has 0 aliphatic carbocycles. The van der Waals surface area contributed by atoms with Crippen molar-refractivity contribution in [3.05, 3.63) is 66.5 Å². The first kappa shape index (κ1) is 16.3. The first-order valence-corrected chi connectivity index (χ1v) is 8.51.